The van der Waals surface area contributed by atoms with Crippen molar-refractivity contribution in [3.05, 3.63) is 0 Å². The van der Waals surface area contributed by atoms with Crippen LogP contribution in [0.15, 0.2) is 0 Å². The molecule has 1 heterocycles. The lowest BCUT2D eigenvalue weighted by Gasteiger charge is -2.52. The monoisotopic (exact) mass is 577 g/mol. The highest BCUT2D eigenvalue weighted by molar-refractivity contribution is 6.74. The maximum absolute atomic E-state index is 13.4. The van der Waals surface area contributed by atoms with Gasteiger partial charge in [0.25, 0.3) is 0 Å². The van der Waals surface area contributed by atoms with Crippen LogP contribution < -0.4 is 5.73 Å². The van der Waals surface area contributed by atoms with Gasteiger partial charge < -0.3 is 28.5 Å². The molecule has 0 radical (unpaired) electrons. The van der Waals surface area contributed by atoms with Gasteiger partial charge >= 0.3 is 5.97 Å². The smallest absolute Gasteiger partial charge is 0.338 e. The van der Waals surface area contributed by atoms with E-state index in [9.17, 15) is 4.79 Å². The highest BCUT2D eigenvalue weighted by Crippen LogP contribution is 2.39. The summed E-state index contributed by atoms with van der Waals surface area (Å²) in [5.41, 5.74) is 6.33. The highest BCUT2D eigenvalue weighted by Gasteiger charge is 2.56. The first-order chi connectivity index (χ1) is 17.6. The zero-order valence-corrected chi connectivity index (χ0v) is 28.7. The SMILES string of the molecule is CCOC(=O)C1OC(CN)[C@@H](O[Si](CC)(CC)CC)[C@H](O[Si](CC)(CC)CC)[C@H]1O[Si](CC)(CC)CC. The standard InChI is InChI=1S/C27H59NO6Si3/c1-11-30-27(29)26-25(34-37(18-8,19-9)20-10)24(33-36(15-5,16-6)17-7)23(22(21-28)31-26)32-35(12-2,13-3)14-4/h22-26H,11-21,28H2,1-10H3/t22?,23-,24+,25-,26?/m1/s1. The highest BCUT2D eigenvalue weighted by atomic mass is 28.4. The summed E-state index contributed by atoms with van der Waals surface area (Å²) in [7, 11) is -6.29. The Labute approximate surface area is 231 Å². The molecule has 0 bridgehead atoms. The molecule has 1 aliphatic heterocycles. The summed E-state index contributed by atoms with van der Waals surface area (Å²) in [6, 6.07) is 8.98. The number of nitrogens with two attached hydrogens (primary N) is 1. The van der Waals surface area contributed by atoms with E-state index in [4.69, 9.17) is 28.5 Å². The molecule has 0 saturated carbocycles. The fourth-order valence-corrected chi connectivity index (χ4v) is 14.3. The summed E-state index contributed by atoms with van der Waals surface area (Å²) in [5.74, 6) is -0.383. The van der Waals surface area contributed by atoms with Crippen LogP contribution in [0.2, 0.25) is 54.4 Å². The van der Waals surface area contributed by atoms with Gasteiger partial charge in [0.1, 0.15) is 18.3 Å². The average molecular weight is 578 g/mol. The van der Waals surface area contributed by atoms with E-state index in [-0.39, 0.29) is 25.2 Å². The van der Waals surface area contributed by atoms with Crippen molar-refractivity contribution in [3.63, 3.8) is 0 Å². The second-order valence-corrected chi connectivity index (χ2v) is 24.7. The molecule has 0 aliphatic carbocycles. The molecule has 1 fully saturated rings. The van der Waals surface area contributed by atoms with Crippen LogP contribution in [0.1, 0.15) is 69.2 Å². The Balaban J connectivity index is 3.81. The summed E-state index contributed by atoms with van der Waals surface area (Å²) >= 11 is 0. The van der Waals surface area contributed by atoms with Crippen LogP contribution in [0.25, 0.3) is 0 Å². The molecule has 0 amide bonds. The summed E-state index contributed by atoms with van der Waals surface area (Å²) in [5, 5.41) is 0. The third-order valence-corrected chi connectivity index (χ3v) is 23.3. The Morgan fingerprint density at radius 2 is 0.973 bits per heavy atom. The molecule has 1 rings (SSSR count). The fraction of sp³-hybridized carbons (Fsp3) is 0.963. The van der Waals surface area contributed by atoms with Crippen LogP contribution in [0, 0.1) is 0 Å². The molecule has 0 aromatic carbocycles. The molecule has 0 spiro atoms. The molecule has 0 aromatic rings. The predicted octanol–water partition coefficient (Wildman–Crippen LogP) is 6.45. The van der Waals surface area contributed by atoms with Gasteiger partial charge in [-0.3, -0.25) is 0 Å². The number of hydrogen-bond acceptors (Lipinski definition) is 7. The molecule has 1 aliphatic rings. The summed E-state index contributed by atoms with van der Waals surface area (Å²) < 4.78 is 33.6. The van der Waals surface area contributed by atoms with Crippen LogP contribution in [0.5, 0.6) is 0 Å². The molecule has 0 aromatic heterocycles. The first-order valence-corrected chi connectivity index (χ1v) is 22.8. The van der Waals surface area contributed by atoms with E-state index < -0.39 is 49.4 Å². The van der Waals surface area contributed by atoms with Gasteiger partial charge in [-0.2, -0.15) is 0 Å². The molecule has 7 nitrogen and oxygen atoms in total. The van der Waals surface area contributed by atoms with Crippen molar-refractivity contribution in [2.45, 2.75) is 154 Å². The predicted molar refractivity (Wildman–Crippen MR) is 161 cm³/mol. The van der Waals surface area contributed by atoms with Crippen LogP contribution in [-0.2, 0) is 27.5 Å². The molecule has 37 heavy (non-hydrogen) atoms. The van der Waals surface area contributed by atoms with E-state index in [0.717, 1.165) is 54.4 Å². The number of rotatable bonds is 18. The van der Waals surface area contributed by atoms with Gasteiger partial charge in [0, 0.05) is 6.54 Å². The quantitative estimate of drug-likeness (QED) is 0.148. The van der Waals surface area contributed by atoms with Crippen LogP contribution in [0.4, 0.5) is 0 Å². The van der Waals surface area contributed by atoms with E-state index in [1.165, 1.54) is 0 Å². The normalized spacial score (nSPS) is 25.3. The second kappa shape index (κ2) is 16.2. The summed E-state index contributed by atoms with van der Waals surface area (Å²) in [6.07, 6.45) is -2.65. The molecular weight excluding hydrogens is 519 g/mol. The number of carbonyl (C=O) groups is 1. The lowest BCUT2D eigenvalue weighted by molar-refractivity contribution is -0.218. The molecule has 1 saturated heterocycles. The largest absolute Gasteiger partial charge is 0.464 e. The Kier molecular flexibility index (Phi) is 15.3. The van der Waals surface area contributed by atoms with Gasteiger partial charge in [0.2, 0.25) is 0 Å². The van der Waals surface area contributed by atoms with Crippen molar-refractivity contribution in [1.82, 2.24) is 0 Å². The van der Waals surface area contributed by atoms with Crippen molar-refractivity contribution in [2.24, 2.45) is 5.73 Å². The van der Waals surface area contributed by atoms with Crippen molar-refractivity contribution < 1.29 is 27.5 Å². The lowest BCUT2D eigenvalue weighted by Crippen LogP contribution is -2.69. The van der Waals surface area contributed by atoms with Crippen molar-refractivity contribution in [3.8, 4) is 0 Å². The van der Waals surface area contributed by atoms with Gasteiger partial charge in [0.15, 0.2) is 31.1 Å². The first kappa shape index (κ1) is 34.9. The molecular formula is C27H59NO6Si3. The van der Waals surface area contributed by atoms with E-state index in [1.807, 2.05) is 6.92 Å². The van der Waals surface area contributed by atoms with E-state index in [2.05, 4.69) is 62.3 Å². The Bertz CT molecular complexity index is 633. The van der Waals surface area contributed by atoms with Crippen LogP contribution in [-0.4, -0.2) is 74.6 Å². The maximum Gasteiger partial charge on any atom is 0.338 e. The fourth-order valence-electron chi connectivity index (χ4n) is 5.79. The maximum atomic E-state index is 13.4. The minimum atomic E-state index is -2.14. The third-order valence-electron chi connectivity index (χ3n) is 9.34. The van der Waals surface area contributed by atoms with Crippen LogP contribution >= 0.6 is 0 Å². The zero-order valence-electron chi connectivity index (χ0n) is 25.7. The van der Waals surface area contributed by atoms with E-state index >= 15 is 0 Å². The van der Waals surface area contributed by atoms with E-state index in [0.29, 0.717) is 0 Å². The lowest BCUT2D eigenvalue weighted by atomic mass is 9.95. The summed E-state index contributed by atoms with van der Waals surface area (Å²) in [4.78, 5) is 13.4. The van der Waals surface area contributed by atoms with Crippen LogP contribution in [0.3, 0.4) is 0 Å². The Morgan fingerprint density at radius 1 is 0.622 bits per heavy atom. The average Bonchev–Trinajstić information content (AvgIpc) is 2.94. The van der Waals surface area contributed by atoms with Gasteiger partial charge in [-0.1, -0.05) is 62.3 Å². The van der Waals surface area contributed by atoms with Gasteiger partial charge in [-0.05, 0) is 61.3 Å². The molecule has 10 heteroatoms. The van der Waals surface area contributed by atoms with Gasteiger partial charge in [0.05, 0.1) is 12.7 Å². The molecule has 2 N–H and O–H groups in total. The molecule has 5 atom stereocenters. The topological polar surface area (TPSA) is 89.2 Å². The third kappa shape index (κ3) is 8.22. The van der Waals surface area contributed by atoms with Gasteiger partial charge in [-0.25, -0.2) is 4.79 Å². The first-order valence-electron chi connectivity index (χ1n) is 15.2. The van der Waals surface area contributed by atoms with Gasteiger partial charge in [-0.15, -0.1) is 0 Å². The number of esters is 1. The second-order valence-electron chi connectivity index (χ2n) is 10.6. The number of ether oxygens (including phenoxy) is 2. The Hall–Kier alpha value is -0.0794. The number of hydrogen-bond donors (Lipinski definition) is 1. The van der Waals surface area contributed by atoms with Crippen molar-refractivity contribution in [1.29, 1.82) is 0 Å². The minimum Gasteiger partial charge on any atom is -0.464 e. The molecule has 220 valence electrons. The van der Waals surface area contributed by atoms with Crippen molar-refractivity contribution >= 4 is 30.9 Å². The van der Waals surface area contributed by atoms with Crippen molar-refractivity contribution in [2.75, 3.05) is 13.2 Å². The number of carbonyl (C=O) groups excluding carboxylic acids is 1. The minimum absolute atomic E-state index is 0.256. The zero-order chi connectivity index (χ0) is 28.3. The molecule has 2 unspecified atom stereocenters. The summed E-state index contributed by atoms with van der Waals surface area (Å²) in [6.45, 7) is 22.4. The Morgan fingerprint density at radius 3 is 1.30 bits per heavy atom. The van der Waals surface area contributed by atoms with E-state index in [1.54, 1.807) is 0 Å².